The zero-order valence-corrected chi connectivity index (χ0v) is 12.7. The van der Waals surface area contributed by atoms with Gasteiger partial charge in [-0.2, -0.15) is 0 Å². The van der Waals surface area contributed by atoms with E-state index in [2.05, 4.69) is 17.9 Å². The Morgan fingerprint density at radius 3 is 2.68 bits per heavy atom. The van der Waals surface area contributed by atoms with E-state index in [1.165, 1.54) is 24.9 Å². The lowest BCUT2D eigenvalue weighted by Crippen LogP contribution is -2.31. The van der Waals surface area contributed by atoms with Gasteiger partial charge in [-0.05, 0) is 49.3 Å². The predicted octanol–water partition coefficient (Wildman–Crippen LogP) is 3.72. The SMILES string of the molecule is CC(c1ccc(Cl)c(Cl)c1)N1CC2CCC(N)C2C1. The minimum atomic E-state index is 0.382. The van der Waals surface area contributed by atoms with Crippen LogP contribution in [0.5, 0.6) is 0 Å². The molecule has 2 nitrogen and oxygen atoms in total. The van der Waals surface area contributed by atoms with E-state index in [1.54, 1.807) is 0 Å². The molecule has 1 aromatic rings. The summed E-state index contributed by atoms with van der Waals surface area (Å²) in [5.41, 5.74) is 7.44. The third-order valence-electron chi connectivity index (χ3n) is 4.91. The molecule has 1 heterocycles. The molecule has 2 aliphatic rings. The third-order valence-corrected chi connectivity index (χ3v) is 5.65. The van der Waals surface area contributed by atoms with Crippen molar-refractivity contribution in [2.24, 2.45) is 17.6 Å². The van der Waals surface area contributed by atoms with Crippen LogP contribution in [0.1, 0.15) is 31.4 Å². The second-order valence-corrected chi connectivity index (χ2v) is 6.78. The van der Waals surface area contributed by atoms with Crippen molar-refractivity contribution in [3.05, 3.63) is 33.8 Å². The molecule has 1 aliphatic carbocycles. The molecule has 19 heavy (non-hydrogen) atoms. The largest absolute Gasteiger partial charge is 0.327 e. The zero-order valence-electron chi connectivity index (χ0n) is 11.2. The van der Waals surface area contributed by atoms with Gasteiger partial charge in [-0.1, -0.05) is 29.3 Å². The zero-order chi connectivity index (χ0) is 13.6. The van der Waals surface area contributed by atoms with Crippen LogP contribution < -0.4 is 5.73 Å². The van der Waals surface area contributed by atoms with Crippen LogP contribution >= 0.6 is 23.2 Å². The summed E-state index contributed by atoms with van der Waals surface area (Å²) in [5, 5.41) is 1.26. The molecule has 0 radical (unpaired) electrons. The Kier molecular flexibility index (Phi) is 3.78. The molecule has 4 atom stereocenters. The van der Waals surface area contributed by atoms with Crippen LogP contribution in [0.4, 0.5) is 0 Å². The van der Waals surface area contributed by atoms with E-state index in [4.69, 9.17) is 28.9 Å². The van der Waals surface area contributed by atoms with Gasteiger partial charge in [-0.25, -0.2) is 0 Å². The predicted molar refractivity (Wildman–Crippen MR) is 80.6 cm³/mol. The Labute approximate surface area is 124 Å². The van der Waals surface area contributed by atoms with E-state index in [1.807, 2.05) is 12.1 Å². The molecule has 1 aliphatic heterocycles. The van der Waals surface area contributed by atoms with E-state index in [0.717, 1.165) is 12.5 Å². The first-order valence-electron chi connectivity index (χ1n) is 7.01. The molecule has 1 saturated heterocycles. The first-order chi connectivity index (χ1) is 9.06. The highest BCUT2D eigenvalue weighted by Gasteiger charge is 2.42. The standard InChI is InChI=1S/C15H20Cl2N2/c1-9(10-2-4-13(16)14(17)6-10)19-7-11-3-5-15(18)12(11)8-19/h2,4,6,9,11-12,15H,3,5,7-8,18H2,1H3. The van der Waals surface area contributed by atoms with Gasteiger partial charge in [-0.15, -0.1) is 0 Å². The highest BCUT2D eigenvalue weighted by Crippen LogP contribution is 2.40. The Hall–Kier alpha value is -0.280. The number of rotatable bonds is 2. The maximum Gasteiger partial charge on any atom is 0.0595 e. The molecule has 0 amide bonds. The summed E-state index contributed by atoms with van der Waals surface area (Å²) in [6, 6.07) is 6.73. The van der Waals surface area contributed by atoms with Gasteiger partial charge >= 0.3 is 0 Å². The van der Waals surface area contributed by atoms with Crippen molar-refractivity contribution in [1.82, 2.24) is 4.90 Å². The van der Waals surface area contributed by atoms with Crippen LogP contribution in [0.15, 0.2) is 18.2 Å². The summed E-state index contributed by atoms with van der Waals surface area (Å²) < 4.78 is 0. The van der Waals surface area contributed by atoms with Gasteiger partial charge < -0.3 is 5.73 Å². The summed E-state index contributed by atoms with van der Waals surface area (Å²) in [6.07, 6.45) is 2.49. The molecule has 2 N–H and O–H groups in total. The van der Waals surface area contributed by atoms with Gasteiger partial charge in [-0.3, -0.25) is 4.90 Å². The number of likely N-dealkylation sites (tertiary alicyclic amines) is 1. The number of benzene rings is 1. The fraction of sp³-hybridized carbons (Fsp3) is 0.600. The second-order valence-electron chi connectivity index (χ2n) is 5.97. The molecule has 0 bridgehead atoms. The minimum absolute atomic E-state index is 0.382. The lowest BCUT2D eigenvalue weighted by atomic mass is 9.98. The molecule has 4 heteroatoms. The number of nitrogens with two attached hydrogens (primary N) is 1. The van der Waals surface area contributed by atoms with Gasteiger partial charge in [0.1, 0.15) is 0 Å². The van der Waals surface area contributed by atoms with Crippen molar-refractivity contribution >= 4 is 23.2 Å². The molecule has 104 valence electrons. The van der Waals surface area contributed by atoms with Crippen molar-refractivity contribution in [1.29, 1.82) is 0 Å². The summed E-state index contributed by atoms with van der Waals surface area (Å²) >= 11 is 12.1. The van der Waals surface area contributed by atoms with Crippen LogP contribution in [-0.4, -0.2) is 24.0 Å². The quantitative estimate of drug-likeness (QED) is 0.901. The van der Waals surface area contributed by atoms with Gasteiger partial charge in [0.25, 0.3) is 0 Å². The average Bonchev–Trinajstić information content (AvgIpc) is 2.95. The first-order valence-corrected chi connectivity index (χ1v) is 7.76. The molecule has 1 aromatic carbocycles. The fourth-order valence-corrected chi connectivity index (χ4v) is 3.95. The van der Waals surface area contributed by atoms with Crippen molar-refractivity contribution in [2.45, 2.75) is 31.8 Å². The topological polar surface area (TPSA) is 29.3 Å². The van der Waals surface area contributed by atoms with Crippen molar-refractivity contribution in [2.75, 3.05) is 13.1 Å². The summed E-state index contributed by atoms with van der Waals surface area (Å²) in [6.45, 7) is 4.53. The summed E-state index contributed by atoms with van der Waals surface area (Å²) in [5.74, 6) is 1.48. The van der Waals surface area contributed by atoms with Gasteiger partial charge in [0.2, 0.25) is 0 Å². The number of hydrogen-bond acceptors (Lipinski definition) is 2. The number of hydrogen-bond donors (Lipinski definition) is 1. The molecule has 0 spiro atoms. The number of nitrogens with zero attached hydrogens (tertiary/aromatic N) is 1. The molecule has 4 unspecified atom stereocenters. The van der Waals surface area contributed by atoms with Gasteiger partial charge in [0.15, 0.2) is 0 Å². The van der Waals surface area contributed by atoms with Crippen LogP contribution in [0.3, 0.4) is 0 Å². The fourth-order valence-electron chi connectivity index (χ4n) is 3.64. The monoisotopic (exact) mass is 298 g/mol. The first kappa shape index (κ1) is 13.7. The van der Waals surface area contributed by atoms with Crippen LogP contribution in [-0.2, 0) is 0 Å². The van der Waals surface area contributed by atoms with E-state index in [9.17, 15) is 0 Å². The molecule has 3 rings (SSSR count). The van der Waals surface area contributed by atoms with Crippen molar-refractivity contribution < 1.29 is 0 Å². The Bertz CT molecular complexity index is 477. The molecule has 2 fully saturated rings. The van der Waals surface area contributed by atoms with E-state index >= 15 is 0 Å². The van der Waals surface area contributed by atoms with Gasteiger partial charge in [0.05, 0.1) is 10.0 Å². The van der Waals surface area contributed by atoms with E-state index in [-0.39, 0.29) is 0 Å². The van der Waals surface area contributed by atoms with Crippen LogP contribution in [0, 0.1) is 11.8 Å². The number of fused-ring (bicyclic) bond motifs is 1. The van der Waals surface area contributed by atoms with E-state index in [0.29, 0.717) is 28.0 Å². The second kappa shape index (κ2) is 5.25. The maximum absolute atomic E-state index is 6.20. The lowest BCUT2D eigenvalue weighted by Gasteiger charge is -2.26. The average molecular weight is 299 g/mol. The Morgan fingerprint density at radius 1 is 1.21 bits per heavy atom. The van der Waals surface area contributed by atoms with E-state index < -0.39 is 0 Å². The highest BCUT2D eigenvalue weighted by molar-refractivity contribution is 6.42. The Morgan fingerprint density at radius 2 is 2.00 bits per heavy atom. The number of halogens is 2. The maximum atomic E-state index is 6.20. The summed E-state index contributed by atoms with van der Waals surface area (Å²) in [4.78, 5) is 2.54. The molecule has 1 saturated carbocycles. The minimum Gasteiger partial charge on any atom is -0.327 e. The Balaban J connectivity index is 1.74. The van der Waals surface area contributed by atoms with Crippen LogP contribution in [0.2, 0.25) is 10.0 Å². The molecular weight excluding hydrogens is 279 g/mol. The molecular formula is C15H20Cl2N2. The highest BCUT2D eigenvalue weighted by atomic mass is 35.5. The lowest BCUT2D eigenvalue weighted by molar-refractivity contribution is 0.239. The van der Waals surface area contributed by atoms with Crippen LogP contribution in [0.25, 0.3) is 0 Å². The third kappa shape index (κ3) is 2.52. The van der Waals surface area contributed by atoms with Crippen molar-refractivity contribution in [3.8, 4) is 0 Å². The normalized spacial score (nSPS) is 32.5. The smallest absolute Gasteiger partial charge is 0.0595 e. The summed E-state index contributed by atoms with van der Waals surface area (Å²) in [7, 11) is 0. The van der Waals surface area contributed by atoms with Crippen molar-refractivity contribution in [3.63, 3.8) is 0 Å². The molecule has 0 aromatic heterocycles. The van der Waals surface area contributed by atoms with Gasteiger partial charge in [0, 0.05) is 25.2 Å².